The number of hydrogen-bond acceptors (Lipinski definition) is 8. The van der Waals surface area contributed by atoms with Crippen LogP contribution in [0.1, 0.15) is 33.5 Å². The number of hydrogen-bond donors (Lipinski definition) is 3. The summed E-state index contributed by atoms with van der Waals surface area (Å²) < 4.78 is 3.02. The van der Waals surface area contributed by atoms with Crippen molar-refractivity contribution in [3.8, 4) is 16.9 Å². The Bertz CT molecular complexity index is 2150. The zero-order valence-electron chi connectivity index (χ0n) is 23.2. The lowest BCUT2D eigenvalue weighted by molar-refractivity contribution is -0.117. The van der Waals surface area contributed by atoms with Crippen LogP contribution in [0.5, 0.6) is 0 Å². The molecule has 6 rings (SSSR count). The predicted octanol–water partition coefficient (Wildman–Crippen LogP) is 4.51. The zero-order valence-corrected chi connectivity index (χ0v) is 25.5. The molecule has 0 saturated carbocycles. The Morgan fingerprint density at radius 3 is 2.67 bits per heavy atom. The Hall–Kier alpha value is -5.11. The van der Waals surface area contributed by atoms with Crippen molar-refractivity contribution in [1.82, 2.24) is 50.3 Å². The second-order valence-electron chi connectivity index (χ2n) is 9.91. The molecule has 0 spiro atoms. The molecule has 0 bridgehead atoms. The largest absolute Gasteiger partial charge is 0.342 e. The number of rotatable bonds is 9. The van der Waals surface area contributed by atoms with E-state index in [9.17, 15) is 14.4 Å². The van der Waals surface area contributed by atoms with E-state index >= 15 is 0 Å². The van der Waals surface area contributed by atoms with Crippen LogP contribution >= 0.6 is 34.8 Å². The van der Waals surface area contributed by atoms with E-state index in [0.717, 1.165) is 0 Å². The fourth-order valence-corrected chi connectivity index (χ4v) is 5.51. The van der Waals surface area contributed by atoms with E-state index in [2.05, 4.69) is 35.9 Å². The highest BCUT2D eigenvalue weighted by molar-refractivity contribution is 6.32. The monoisotopic (exact) mass is 662 g/mol. The van der Waals surface area contributed by atoms with Gasteiger partial charge in [-0.15, -0.1) is 5.10 Å². The number of aromatic nitrogens is 9. The predicted molar refractivity (Wildman–Crippen MR) is 169 cm³/mol. The van der Waals surface area contributed by atoms with E-state index < -0.39 is 11.9 Å². The standard InChI is InChI=1S/C29H21Cl3N10O3/c1-41-12-20(31)22(38-41)11-23(35-25(44)7-3-15-8-18(30)4-6-24(15)42-14-33-39-40-42)29-36-27(28(32)37-29)16-2-5-21-19(9-16)17(13-43)10-26(45)34-21/h2-10,12-14,23H,11H2,1H3,(H,34,45)(H,35,44)(H,36,37)/b7-3+/t23-/m0/s1. The van der Waals surface area contributed by atoms with E-state index in [0.29, 0.717) is 61.3 Å². The third-order valence-electron chi connectivity index (χ3n) is 6.85. The Morgan fingerprint density at radius 1 is 1.09 bits per heavy atom. The van der Waals surface area contributed by atoms with Gasteiger partial charge in [0.15, 0.2) is 6.29 Å². The number of aromatic amines is 2. The lowest BCUT2D eigenvalue weighted by atomic mass is 10.1. The normalized spacial score (nSPS) is 12.2. The molecular weight excluding hydrogens is 643 g/mol. The number of halogens is 3. The number of imidazole rings is 1. The molecule has 0 aliphatic rings. The molecule has 1 amide bonds. The fraction of sp³-hybridized carbons (Fsp3) is 0.103. The number of aryl methyl sites for hydroxylation is 1. The summed E-state index contributed by atoms with van der Waals surface area (Å²) >= 11 is 19.2. The highest BCUT2D eigenvalue weighted by atomic mass is 35.5. The summed E-state index contributed by atoms with van der Waals surface area (Å²) in [6, 6.07) is 10.7. The highest BCUT2D eigenvalue weighted by Crippen LogP contribution is 2.31. The first-order valence-corrected chi connectivity index (χ1v) is 14.4. The maximum Gasteiger partial charge on any atom is 0.249 e. The number of nitrogens with zero attached hydrogens (tertiary/aromatic N) is 7. The number of benzene rings is 2. The van der Waals surface area contributed by atoms with Gasteiger partial charge in [-0.3, -0.25) is 19.1 Å². The molecule has 4 heterocycles. The molecule has 1 atom stereocenters. The van der Waals surface area contributed by atoms with Crippen LogP contribution in [0, 0.1) is 0 Å². The Morgan fingerprint density at radius 2 is 1.93 bits per heavy atom. The first-order chi connectivity index (χ1) is 21.7. The van der Waals surface area contributed by atoms with Crippen LogP contribution < -0.4 is 10.9 Å². The smallest absolute Gasteiger partial charge is 0.249 e. The highest BCUT2D eigenvalue weighted by Gasteiger charge is 2.23. The second-order valence-corrected chi connectivity index (χ2v) is 11.1. The van der Waals surface area contributed by atoms with E-state index in [-0.39, 0.29) is 22.7 Å². The number of carbonyl (C=O) groups excluding carboxylic acids is 2. The molecule has 0 unspecified atom stereocenters. The van der Waals surface area contributed by atoms with Gasteiger partial charge in [-0.05, 0) is 46.8 Å². The molecule has 0 fully saturated rings. The van der Waals surface area contributed by atoms with Gasteiger partial charge in [0.25, 0.3) is 0 Å². The maximum atomic E-state index is 13.3. The molecule has 2 aromatic carbocycles. The fourth-order valence-electron chi connectivity index (χ4n) is 4.83. The lowest BCUT2D eigenvalue weighted by Crippen LogP contribution is -2.29. The number of fused-ring (bicyclic) bond motifs is 1. The van der Waals surface area contributed by atoms with Gasteiger partial charge in [0.1, 0.15) is 23.0 Å². The van der Waals surface area contributed by atoms with Crippen molar-refractivity contribution in [3.63, 3.8) is 0 Å². The number of nitrogens with one attached hydrogen (secondary N) is 3. The Kier molecular flexibility index (Phi) is 8.30. The number of tetrazole rings is 1. The number of amides is 1. The minimum atomic E-state index is -0.735. The molecule has 0 saturated heterocycles. The van der Waals surface area contributed by atoms with E-state index in [1.807, 2.05) is 0 Å². The van der Waals surface area contributed by atoms with Crippen LogP contribution in [-0.4, -0.2) is 57.1 Å². The topological polar surface area (TPSA) is 169 Å². The SMILES string of the molecule is Cn1cc(Cl)c(C[C@H](NC(=O)/C=C/c2cc(Cl)ccc2-n2cnnn2)c2nc(-c3ccc4[nH]c(=O)cc(C=O)c4c3)c(Cl)[nH]2)n1. The molecule has 226 valence electrons. The van der Waals surface area contributed by atoms with Gasteiger partial charge in [0.05, 0.1) is 22.4 Å². The van der Waals surface area contributed by atoms with Gasteiger partial charge in [-0.2, -0.15) is 9.78 Å². The van der Waals surface area contributed by atoms with E-state index in [1.54, 1.807) is 60.4 Å². The van der Waals surface area contributed by atoms with Gasteiger partial charge in [-0.1, -0.05) is 40.9 Å². The van der Waals surface area contributed by atoms with E-state index in [4.69, 9.17) is 39.8 Å². The van der Waals surface area contributed by atoms with Crippen molar-refractivity contribution in [2.24, 2.45) is 7.05 Å². The third kappa shape index (κ3) is 6.41. The van der Waals surface area contributed by atoms with Crippen molar-refractivity contribution in [1.29, 1.82) is 0 Å². The van der Waals surface area contributed by atoms with Gasteiger partial charge in [-0.25, -0.2) is 4.98 Å². The van der Waals surface area contributed by atoms with Crippen LogP contribution in [0.3, 0.4) is 0 Å². The summed E-state index contributed by atoms with van der Waals surface area (Å²) in [5.41, 5.74) is 3.04. The number of carbonyl (C=O) groups is 2. The average molecular weight is 664 g/mol. The Balaban J connectivity index is 1.33. The van der Waals surface area contributed by atoms with Crippen molar-refractivity contribution >= 4 is 64.0 Å². The van der Waals surface area contributed by atoms with Crippen molar-refractivity contribution in [3.05, 3.63) is 109 Å². The molecular formula is C29H21Cl3N10O3. The van der Waals surface area contributed by atoms with Crippen LogP contribution in [-0.2, 0) is 18.3 Å². The van der Waals surface area contributed by atoms with Crippen LogP contribution in [0.25, 0.3) is 33.9 Å². The lowest BCUT2D eigenvalue weighted by Gasteiger charge is -2.15. The minimum Gasteiger partial charge on any atom is -0.342 e. The van der Waals surface area contributed by atoms with Crippen molar-refractivity contribution < 1.29 is 9.59 Å². The second kappa shape index (κ2) is 12.5. The number of H-pyrrole nitrogens is 2. The minimum absolute atomic E-state index is 0.184. The molecule has 0 aliphatic heterocycles. The first-order valence-electron chi connectivity index (χ1n) is 13.3. The van der Waals surface area contributed by atoms with Crippen LogP contribution in [0.2, 0.25) is 15.2 Å². The number of aldehydes is 1. The number of pyridine rings is 1. The molecule has 16 heteroatoms. The summed E-state index contributed by atoms with van der Waals surface area (Å²) in [6.45, 7) is 0. The van der Waals surface area contributed by atoms with Gasteiger partial charge < -0.3 is 15.3 Å². The zero-order chi connectivity index (χ0) is 31.7. The van der Waals surface area contributed by atoms with Crippen LogP contribution in [0.15, 0.2) is 65.9 Å². The van der Waals surface area contributed by atoms with Crippen molar-refractivity contribution in [2.75, 3.05) is 0 Å². The maximum absolute atomic E-state index is 13.3. The van der Waals surface area contributed by atoms with E-state index in [1.165, 1.54) is 23.2 Å². The summed E-state index contributed by atoms with van der Waals surface area (Å²) in [4.78, 5) is 47.3. The molecule has 4 aromatic heterocycles. The van der Waals surface area contributed by atoms with Gasteiger partial charge >= 0.3 is 0 Å². The van der Waals surface area contributed by atoms with Gasteiger partial charge in [0.2, 0.25) is 11.5 Å². The molecule has 45 heavy (non-hydrogen) atoms. The molecule has 0 radical (unpaired) electrons. The molecule has 13 nitrogen and oxygen atoms in total. The Labute approximate surface area is 268 Å². The quantitative estimate of drug-likeness (QED) is 0.150. The molecule has 0 aliphatic carbocycles. The van der Waals surface area contributed by atoms with Gasteiger partial charge in [0, 0.05) is 64.4 Å². The first kappa shape index (κ1) is 29.9. The molecule has 6 aromatic rings. The summed E-state index contributed by atoms with van der Waals surface area (Å²) in [7, 11) is 1.74. The third-order valence-corrected chi connectivity index (χ3v) is 7.68. The summed E-state index contributed by atoms with van der Waals surface area (Å²) in [6.07, 6.45) is 6.82. The summed E-state index contributed by atoms with van der Waals surface area (Å²) in [5.74, 6) is -0.109. The van der Waals surface area contributed by atoms with Crippen LogP contribution in [0.4, 0.5) is 0 Å². The molecule has 3 N–H and O–H groups in total. The summed E-state index contributed by atoms with van der Waals surface area (Å²) in [5, 5.41) is 20.2. The van der Waals surface area contributed by atoms with Crippen molar-refractivity contribution in [2.45, 2.75) is 12.5 Å². The average Bonchev–Trinajstić information content (AvgIpc) is 3.75.